The van der Waals surface area contributed by atoms with Crippen LogP contribution in [0.3, 0.4) is 0 Å². The van der Waals surface area contributed by atoms with Gasteiger partial charge in [0, 0.05) is 69.3 Å². The number of rotatable bonds is 4. The molecule has 0 saturated carbocycles. The van der Waals surface area contributed by atoms with Gasteiger partial charge in [-0.25, -0.2) is 9.97 Å². The van der Waals surface area contributed by atoms with Crippen LogP contribution in [-0.4, -0.2) is 62.2 Å². The summed E-state index contributed by atoms with van der Waals surface area (Å²) in [6.45, 7) is 10.1. The van der Waals surface area contributed by atoms with Crippen molar-refractivity contribution in [3.63, 3.8) is 0 Å². The SMILES string of the molecule is CC(=[OH+])CC(C)=[OH+].CC(=[OH+])CC(C)=[OH+].Cc1ncc[nH]1.Cc1ncc[nH]1.[Co]. The predicted molar refractivity (Wildman–Crippen MR) is 106 cm³/mol. The molecule has 0 aliphatic rings. The van der Waals surface area contributed by atoms with Crippen LogP contribution < -0.4 is 0 Å². The van der Waals surface area contributed by atoms with Gasteiger partial charge >= 0.3 is 23.1 Å². The minimum atomic E-state index is 0. The van der Waals surface area contributed by atoms with Crippen molar-refractivity contribution >= 4 is 23.1 Å². The minimum absolute atomic E-state index is 0. The number of hydrogen-bond donors (Lipinski definition) is 2. The molecule has 9 heteroatoms. The molecule has 0 aliphatic heterocycles. The zero-order valence-electron chi connectivity index (χ0n) is 16.7. The summed E-state index contributed by atoms with van der Waals surface area (Å²) in [4.78, 5) is 47.3. The fraction of sp³-hybridized carbons (Fsp3) is 0.444. The fourth-order valence-electron chi connectivity index (χ4n) is 1.43. The van der Waals surface area contributed by atoms with Gasteiger partial charge in [0.1, 0.15) is 11.6 Å². The van der Waals surface area contributed by atoms with E-state index in [1.165, 1.54) is 0 Å². The first-order valence-corrected chi connectivity index (χ1v) is 8.02. The van der Waals surface area contributed by atoms with Crippen LogP contribution in [0.4, 0.5) is 0 Å². The van der Waals surface area contributed by atoms with Crippen molar-refractivity contribution in [1.29, 1.82) is 0 Å². The van der Waals surface area contributed by atoms with E-state index >= 15 is 0 Å². The van der Waals surface area contributed by atoms with E-state index in [0.29, 0.717) is 12.8 Å². The maximum absolute atomic E-state index is 8.46. The molecule has 6 N–H and O–H groups in total. The van der Waals surface area contributed by atoms with Gasteiger partial charge in [0.2, 0.25) is 0 Å². The molecule has 2 rings (SSSR count). The topological polar surface area (TPSA) is 143 Å². The van der Waals surface area contributed by atoms with Crippen molar-refractivity contribution in [2.24, 2.45) is 0 Å². The van der Waals surface area contributed by atoms with Crippen LogP contribution in [0, 0.1) is 13.8 Å². The van der Waals surface area contributed by atoms with Gasteiger partial charge in [-0.05, 0) is 13.8 Å². The van der Waals surface area contributed by atoms with Crippen molar-refractivity contribution in [3.05, 3.63) is 36.4 Å². The first-order chi connectivity index (χ1) is 12.0. The van der Waals surface area contributed by atoms with Crippen molar-refractivity contribution in [1.82, 2.24) is 19.9 Å². The number of ketones is 4. The summed E-state index contributed by atoms with van der Waals surface area (Å²) in [5, 5.41) is 0. The molecule has 1 radical (unpaired) electrons. The average Bonchev–Trinajstić information content (AvgIpc) is 3.11. The first-order valence-electron chi connectivity index (χ1n) is 8.02. The number of imidazole rings is 2. The van der Waals surface area contributed by atoms with Crippen molar-refractivity contribution < 1.29 is 36.0 Å². The molecule has 0 fully saturated rings. The standard InChI is InChI=1S/2C5H8O2.2C4H6N2.Co/c2*1-4(6)3-5(2)7;2*1-4-5-2-3-6-4;/h2*3H2,1-2H3;2*2-3H,1H3,(H,5,6);/p+4. The summed E-state index contributed by atoms with van der Waals surface area (Å²) in [5.41, 5.74) is 0. The van der Waals surface area contributed by atoms with Crippen molar-refractivity contribution in [3.8, 4) is 0 Å². The van der Waals surface area contributed by atoms with E-state index in [1.807, 2.05) is 13.8 Å². The van der Waals surface area contributed by atoms with Gasteiger partial charge in [-0.3, -0.25) is 19.2 Å². The summed E-state index contributed by atoms with van der Waals surface area (Å²) >= 11 is 0. The summed E-state index contributed by atoms with van der Waals surface area (Å²) < 4.78 is 0. The molecule has 0 amide bonds. The third kappa shape index (κ3) is 28.7. The normalized spacial score (nSPS) is 8.22. The zero-order chi connectivity index (χ0) is 20.5. The molecule has 8 nitrogen and oxygen atoms in total. The average molecular weight is 427 g/mol. The molecule has 0 aliphatic carbocycles. The maximum Gasteiger partial charge on any atom is 0.302 e. The molecule has 0 spiro atoms. The largest absolute Gasteiger partial charge is 0.349 e. The zero-order valence-corrected chi connectivity index (χ0v) is 17.8. The molecular formula is C18H32CoN4O4+4. The monoisotopic (exact) mass is 427 g/mol. The van der Waals surface area contributed by atoms with E-state index in [2.05, 4.69) is 19.9 Å². The van der Waals surface area contributed by atoms with Crippen molar-refractivity contribution in [2.75, 3.05) is 0 Å². The van der Waals surface area contributed by atoms with Gasteiger partial charge in [0.15, 0.2) is 12.8 Å². The molecule has 0 bridgehead atoms. The molecule has 0 aromatic carbocycles. The van der Waals surface area contributed by atoms with Crippen LogP contribution in [0.5, 0.6) is 0 Å². The van der Waals surface area contributed by atoms with Gasteiger partial charge in [-0.2, -0.15) is 0 Å². The van der Waals surface area contributed by atoms with Crippen LogP contribution in [0.15, 0.2) is 24.8 Å². The number of aromatic nitrogens is 4. The third-order valence-corrected chi connectivity index (χ3v) is 2.29. The van der Waals surface area contributed by atoms with Crippen LogP contribution >= 0.6 is 0 Å². The van der Waals surface area contributed by atoms with Gasteiger partial charge in [-0.1, -0.05) is 0 Å². The number of aromatic amines is 2. The Balaban J connectivity index is -0.000000281. The van der Waals surface area contributed by atoms with Crippen molar-refractivity contribution in [2.45, 2.75) is 54.4 Å². The van der Waals surface area contributed by atoms with Crippen LogP contribution in [0.2, 0.25) is 0 Å². The summed E-state index contributed by atoms with van der Waals surface area (Å²) in [7, 11) is 0. The van der Waals surface area contributed by atoms with Gasteiger partial charge < -0.3 is 9.97 Å². The number of hydrogen-bond acceptors (Lipinski definition) is 2. The summed E-state index contributed by atoms with van der Waals surface area (Å²) in [6, 6.07) is 0. The van der Waals surface area contributed by atoms with E-state index in [0.717, 1.165) is 11.6 Å². The third-order valence-electron chi connectivity index (χ3n) is 2.29. The van der Waals surface area contributed by atoms with Crippen LogP contribution in [-0.2, 0) is 16.8 Å². The molecular weight excluding hydrogens is 395 g/mol. The predicted octanol–water partition coefficient (Wildman–Crippen LogP) is 2.45. The summed E-state index contributed by atoms with van der Waals surface area (Å²) in [5.74, 6) is 2.94. The van der Waals surface area contributed by atoms with Gasteiger partial charge in [0.05, 0.1) is 0 Å². The Bertz CT molecular complexity index is 571. The molecule has 2 aromatic heterocycles. The quantitative estimate of drug-likeness (QED) is 0.571. The number of H-pyrrole nitrogens is 2. The molecule has 27 heavy (non-hydrogen) atoms. The fourth-order valence-corrected chi connectivity index (χ4v) is 1.43. The molecule has 0 saturated heterocycles. The molecule has 0 atom stereocenters. The second-order valence-corrected chi connectivity index (χ2v) is 5.64. The Morgan fingerprint density at radius 3 is 1.00 bits per heavy atom. The number of aryl methyl sites for hydroxylation is 2. The van der Waals surface area contributed by atoms with E-state index < -0.39 is 0 Å². The number of carbonyl (C=O) groups excluding carboxylic acids is 4. The minimum Gasteiger partial charge on any atom is -0.349 e. The molecule has 2 heterocycles. The number of nitrogens with zero attached hydrogens (tertiary/aromatic N) is 2. The Morgan fingerprint density at radius 1 is 0.704 bits per heavy atom. The van der Waals surface area contributed by atoms with Gasteiger partial charge in [-0.15, -0.1) is 0 Å². The Morgan fingerprint density at radius 2 is 0.963 bits per heavy atom. The van der Waals surface area contributed by atoms with Gasteiger partial charge in [0.25, 0.3) is 0 Å². The number of nitrogens with one attached hydrogen (secondary N) is 2. The smallest absolute Gasteiger partial charge is 0.302 e. The second kappa shape index (κ2) is 18.4. The van der Waals surface area contributed by atoms with Crippen LogP contribution in [0.25, 0.3) is 0 Å². The Kier molecular flexibility index (Phi) is 20.0. The van der Waals surface area contributed by atoms with E-state index in [9.17, 15) is 0 Å². The molecule has 2 aromatic rings. The van der Waals surface area contributed by atoms with E-state index in [4.69, 9.17) is 19.2 Å². The summed E-state index contributed by atoms with van der Waals surface area (Å²) in [6.07, 6.45) is 7.68. The second-order valence-electron chi connectivity index (χ2n) is 5.64. The molecule has 0 unspecified atom stereocenters. The Hall–Kier alpha value is -2.39. The van der Waals surface area contributed by atoms with Crippen LogP contribution in [0.1, 0.15) is 52.2 Å². The molecule has 153 valence electrons. The first kappa shape index (κ1) is 29.4. The van der Waals surface area contributed by atoms with E-state index in [1.54, 1.807) is 52.5 Å². The van der Waals surface area contributed by atoms with E-state index in [-0.39, 0.29) is 39.9 Å². The Labute approximate surface area is 170 Å². The maximum atomic E-state index is 8.46.